The Bertz CT molecular complexity index is 416. The number of hydrogen-bond donors (Lipinski definition) is 1. The molecule has 1 aromatic heterocycles. The third kappa shape index (κ3) is 2.55. The van der Waals surface area contributed by atoms with E-state index in [4.69, 9.17) is 10.5 Å². The fourth-order valence-electron chi connectivity index (χ4n) is 2.62. The van der Waals surface area contributed by atoms with E-state index in [1.807, 2.05) is 0 Å². The van der Waals surface area contributed by atoms with Crippen molar-refractivity contribution in [1.82, 2.24) is 4.90 Å². The van der Waals surface area contributed by atoms with E-state index in [-0.39, 0.29) is 6.10 Å². The van der Waals surface area contributed by atoms with Gasteiger partial charge in [-0.15, -0.1) is 11.3 Å². The maximum atomic E-state index is 5.89. The van der Waals surface area contributed by atoms with E-state index in [0.29, 0.717) is 12.6 Å². The smallest absolute Gasteiger partial charge is 0.0902 e. The summed E-state index contributed by atoms with van der Waals surface area (Å²) >= 11 is 8.93. The van der Waals surface area contributed by atoms with Crippen molar-refractivity contribution in [2.75, 3.05) is 19.7 Å². The summed E-state index contributed by atoms with van der Waals surface area (Å²) in [6, 6.07) is 3.27. The second-order valence-corrected chi connectivity index (χ2v) is 8.09. The molecule has 2 atom stereocenters. The van der Waals surface area contributed by atoms with Crippen LogP contribution in [0.3, 0.4) is 0 Å². The molecule has 1 saturated carbocycles. The lowest BCUT2D eigenvalue weighted by molar-refractivity contribution is -0.0700. The highest BCUT2D eigenvalue weighted by molar-refractivity contribution is 9.13. The van der Waals surface area contributed by atoms with Gasteiger partial charge in [-0.3, -0.25) is 4.90 Å². The van der Waals surface area contributed by atoms with E-state index >= 15 is 0 Å². The number of thiophene rings is 1. The summed E-state index contributed by atoms with van der Waals surface area (Å²) in [6.07, 6.45) is 2.76. The largest absolute Gasteiger partial charge is 0.374 e. The molecular formula is C12H16Br2N2OS. The van der Waals surface area contributed by atoms with E-state index < -0.39 is 0 Å². The van der Waals surface area contributed by atoms with E-state index in [1.165, 1.54) is 17.7 Å². The Balaban J connectivity index is 1.91. The number of ether oxygens (including phenoxy) is 1. The molecule has 6 heteroatoms. The van der Waals surface area contributed by atoms with Crippen molar-refractivity contribution < 1.29 is 4.74 Å². The minimum absolute atomic E-state index is 0.122. The second kappa shape index (κ2) is 5.50. The van der Waals surface area contributed by atoms with E-state index in [9.17, 15) is 0 Å². The fraction of sp³-hybridized carbons (Fsp3) is 0.667. The number of morpholine rings is 1. The highest BCUT2D eigenvalue weighted by atomic mass is 79.9. The molecule has 2 aliphatic rings. The predicted molar refractivity (Wildman–Crippen MR) is 81.0 cm³/mol. The van der Waals surface area contributed by atoms with Crippen LogP contribution in [-0.2, 0) is 4.74 Å². The lowest BCUT2D eigenvalue weighted by atomic mass is 10.1. The summed E-state index contributed by atoms with van der Waals surface area (Å²) in [7, 11) is 0. The minimum atomic E-state index is 0.122. The van der Waals surface area contributed by atoms with Gasteiger partial charge in [0.15, 0.2) is 0 Å². The standard InChI is InChI=1S/C12H16Br2N2OS/c13-8-5-10(18-12(8)14)11-9(6-15)17-4-3-16(11)7-1-2-7/h5,7,9,11H,1-4,6,15H2. The molecule has 18 heavy (non-hydrogen) atoms. The van der Waals surface area contributed by atoms with Gasteiger partial charge in [0.1, 0.15) is 0 Å². The van der Waals surface area contributed by atoms with Crippen molar-refractivity contribution in [1.29, 1.82) is 0 Å². The first-order valence-corrected chi connectivity index (χ1v) is 8.63. The number of halogens is 2. The van der Waals surface area contributed by atoms with Crippen LogP contribution in [0.25, 0.3) is 0 Å². The number of nitrogens with zero attached hydrogens (tertiary/aromatic N) is 1. The van der Waals surface area contributed by atoms with Crippen molar-refractivity contribution in [2.24, 2.45) is 5.73 Å². The summed E-state index contributed by atoms with van der Waals surface area (Å²) in [5.74, 6) is 0. The van der Waals surface area contributed by atoms with Crippen LogP contribution in [0, 0.1) is 0 Å². The van der Waals surface area contributed by atoms with Gasteiger partial charge >= 0.3 is 0 Å². The monoisotopic (exact) mass is 394 g/mol. The van der Waals surface area contributed by atoms with Crippen molar-refractivity contribution in [3.8, 4) is 0 Å². The van der Waals surface area contributed by atoms with E-state index in [2.05, 4.69) is 42.8 Å². The van der Waals surface area contributed by atoms with Gasteiger partial charge in [0.2, 0.25) is 0 Å². The van der Waals surface area contributed by atoms with Crippen molar-refractivity contribution >= 4 is 43.2 Å². The number of hydrogen-bond acceptors (Lipinski definition) is 4. The lowest BCUT2D eigenvalue weighted by Crippen LogP contribution is -2.48. The van der Waals surface area contributed by atoms with Crippen LogP contribution in [0.15, 0.2) is 14.3 Å². The first kappa shape index (κ1) is 13.5. The van der Waals surface area contributed by atoms with Gasteiger partial charge in [-0.25, -0.2) is 0 Å². The minimum Gasteiger partial charge on any atom is -0.374 e. The first-order valence-electron chi connectivity index (χ1n) is 6.23. The molecule has 0 spiro atoms. The Labute approximate surface area is 128 Å². The normalized spacial score (nSPS) is 29.7. The maximum absolute atomic E-state index is 5.89. The Morgan fingerprint density at radius 1 is 1.44 bits per heavy atom. The molecule has 0 bridgehead atoms. The molecule has 1 aromatic rings. The van der Waals surface area contributed by atoms with Crippen LogP contribution in [0.5, 0.6) is 0 Å². The lowest BCUT2D eigenvalue weighted by Gasteiger charge is -2.40. The van der Waals surface area contributed by atoms with Gasteiger partial charge in [-0.05, 0) is 50.8 Å². The van der Waals surface area contributed by atoms with Crippen LogP contribution >= 0.6 is 43.2 Å². The van der Waals surface area contributed by atoms with Gasteiger partial charge in [0, 0.05) is 28.5 Å². The molecule has 2 unspecified atom stereocenters. The summed E-state index contributed by atoms with van der Waals surface area (Å²) in [6.45, 7) is 2.42. The van der Waals surface area contributed by atoms with E-state index in [0.717, 1.165) is 27.5 Å². The quantitative estimate of drug-likeness (QED) is 0.854. The third-order valence-electron chi connectivity index (χ3n) is 3.59. The average Bonchev–Trinajstić information content (AvgIpc) is 3.16. The zero-order valence-corrected chi connectivity index (χ0v) is 13.9. The number of rotatable bonds is 3. The molecular weight excluding hydrogens is 380 g/mol. The molecule has 2 heterocycles. The average molecular weight is 396 g/mol. The molecule has 0 radical (unpaired) electrons. The van der Waals surface area contributed by atoms with Crippen molar-refractivity contribution in [2.45, 2.75) is 31.0 Å². The summed E-state index contributed by atoms with van der Waals surface area (Å²) in [4.78, 5) is 3.93. The van der Waals surface area contributed by atoms with Crippen LogP contribution in [0.4, 0.5) is 0 Å². The highest BCUT2D eigenvalue weighted by Gasteiger charge is 2.41. The molecule has 2 N–H and O–H groups in total. The van der Waals surface area contributed by atoms with Crippen LogP contribution in [0.2, 0.25) is 0 Å². The second-order valence-electron chi connectivity index (χ2n) is 4.83. The summed E-state index contributed by atoms with van der Waals surface area (Å²) in [5.41, 5.74) is 5.89. The highest BCUT2D eigenvalue weighted by Crippen LogP contribution is 2.43. The summed E-state index contributed by atoms with van der Waals surface area (Å²) < 4.78 is 8.13. The third-order valence-corrected chi connectivity index (χ3v) is 6.92. The fourth-order valence-corrected chi connectivity index (χ4v) is 4.89. The Hall–Kier alpha value is 0.540. The van der Waals surface area contributed by atoms with E-state index in [1.54, 1.807) is 11.3 Å². The molecule has 3 nitrogen and oxygen atoms in total. The molecule has 1 aliphatic carbocycles. The Morgan fingerprint density at radius 3 is 2.78 bits per heavy atom. The van der Waals surface area contributed by atoms with Gasteiger partial charge < -0.3 is 10.5 Å². The van der Waals surface area contributed by atoms with Gasteiger partial charge in [-0.2, -0.15) is 0 Å². The van der Waals surface area contributed by atoms with Gasteiger partial charge in [0.05, 0.1) is 22.5 Å². The SMILES string of the molecule is NCC1OCCN(C2CC2)C1c1cc(Br)c(Br)s1. The Morgan fingerprint density at radius 2 is 2.22 bits per heavy atom. The van der Waals surface area contributed by atoms with Crippen LogP contribution < -0.4 is 5.73 Å². The number of nitrogens with two attached hydrogens (primary N) is 1. The Kier molecular flexibility index (Phi) is 4.13. The molecule has 0 amide bonds. The summed E-state index contributed by atoms with van der Waals surface area (Å²) in [5, 5.41) is 0. The molecule has 1 saturated heterocycles. The molecule has 2 fully saturated rings. The zero-order chi connectivity index (χ0) is 12.7. The van der Waals surface area contributed by atoms with Crippen molar-refractivity contribution in [3.05, 3.63) is 19.2 Å². The molecule has 3 rings (SSSR count). The zero-order valence-electron chi connectivity index (χ0n) is 9.94. The topological polar surface area (TPSA) is 38.5 Å². The maximum Gasteiger partial charge on any atom is 0.0902 e. The van der Waals surface area contributed by atoms with Gasteiger partial charge in [-0.1, -0.05) is 0 Å². The van der Waals surface area contributed by atoms with Gasteiger partial charge in [0.25, 0.3) is 0 Å². The van der Waals surface area contributed by atoms with Crippen LogP contribution in [0.1, 0.15) is 23.8 Å². The predicted octanol–water partition coefficient (Wildman–Crippen LogP) is 3.14. The van der Waals surface area contributed by atoms with Crippen LogP contribution in [-0.4, -0.2) is 36.7 Å². The first-order chi connectivity index (χ1) is 8.70. The molecule has 1 aliphatic heterocycles. The van der Waals surface area contributed by atoms with Crippen molar-refractivity contribution in [3.63, 3.8) is 0 Å². The molecule has 0 aromatic carbocycles. The molecule has 100 valence electrons.